The lowest BCUT2D eigenvalue weighted by molar-refractivity contribution is -0.0991. The number of rotatable bonds is 6. The summed E-state index contributed by atoms with van der Waals surface area (Å²) in [6.45, 7) is 5.74. The van der Waals surface area contributed by atoms with E-state index in [4.69, 9.17) is 14.2 Å². The van der Waals surface area contributed by atoms with E-state index in [1.165, 1.54) is 5.56 Å². The Hall–Kier alpha value is -1.26. The molecule has 1 aliphatic rings. The summed E-state index contributed by atoms with van der Waals surface area (Å²) in [5.41, 5.74) is 1.49. The van der Waals surface area contributed by atoms with Crippen molar-refractivity contribution in [3.8, 4) is 11.5 Å². The fraction of sp³-hybridized carbons (Fsp3) is 0.571. The number of nitrogens with one attached hydrogen (secondary N) is 1. The van der Waals surface area contributed by atoms with Crippen LogP contribution in [0.3, 0.4) is 0 Å². The molecule has 4 nitrogen and oxygen atoms in total. The molecule has 0 bridgehead atoms. The summed E-state index contributed by atoms with van der Waals surface area (Å²) in [7, 11) is 3.30. The van der Waals surface area contributed by atoms with E-state index < -0.39 is 0 Å². The molecule has 0 aromatic heterocycles. The fourth-order valence-corrected chi connectivity index (χ4v) is 2.05. The fourth-order valence-electron chi connectivity index (χ4n) is 2.05. The van der Waals surface area contributed by atoms with E-state index in [0.29, 0.717) is 5.41 Å². The first kappa shape index (κ1) is 13.2. The van der Waals surface area contributed by atoms with Crippen LogP contribution in [0.15, 0.2) is 18.2 Å². The van der Waals surface area contributed by atoms with E-state index in [0.717, 1.165) is 37.8 Å². The van der Waals surface area contributed by atoms with Gasteiger partial charge in [-0.2, -0.15) is 0 Å². The summed E-state index contributed by atoms with van der Waals surface area (Å²) in [5, 5.41) is 3.46. The second-order valence-corrected chi connectivity index (χ2v) is 5.10. The number of ether oxygens (including phenoxy) is 3. The predicted octanol–water partition coefficient (Wildman–Crippen LogP) is 1.83. The third-order valence-corrected chi connectivity index (χ3v) is 3.23. The van der Waals surface area contributed by atoms with Gasteiger partial charge in [-0.1, -0.05) is 13.0 Å². The standard InChI is InChI=1S/C14H21NO3/c1-14(9-18-10-14)8-15-7-11-4-5-12(16-2)13(6-11)17-3/h4-6,15H,7-10H2,1-3H3. The van der Waals surface area contributed by atoms with Gasteiger partial charge in [0.2, 0.25) is 0 Å². The molecule has 100 valence electrons. The molecule has 2 rings (SSSR count). The predicted molar refractivity (Wildman–Crippen MR) is 70.2 cm³/mol. The van der Waals surface area contributed by atoms with Crippen molar-refractivity contribution < 1.29 is 14.2 Å². The van der Waals surface area contributed by atoms with Crippen molar-refractivity contribution in [2.24, 2.45) is 5.41 Å². The molecule has 1 saturated heterocycles. The van der Waals surface area contributed by atoms with Gasteiger partial charge in [-0.3, -0.25) is 0 Å². The third-order valence-electron chi connectivity index (χ3n) is 3.23. The summed E-state index contributed by atoms with van der Waals surface area (Å²) < 4.78 is 15.7. The largest absolute Gasteiger partial charge is 0.493 e. The Morgan fingerprint density at radius 1 is 1.22 bits per heavy atom. The van der Waals surface area contributed by atoms with Crippen LogP contribution < -0.4 is 14.8 Å². The molecule has 0 spiro atoms. The van der Waals surface area contributed by atoms with Crippen LogP contribution >= 0.6 is 0 Å². The van der Waals surface area contributed by atoms with Crippen LogP contribution in [0.4, 0.5) is 0 Å². The summed E-state index contributed by atoms with van der Waals surface area (Å²) in [6, 6.07) is 5.99. The highest BCUT2D eigenvalue weighted by molar-refractivity contribution is 5.42. The molecule has 1 heterocycles. The van der Waals surface area contributed by atoms with Crippen molar-refractivity contribution in [1.29, 1.82) is 0 Å². The van der Waals surface area contributed by atoms with Gasteiger partial charge in [0.05, 0.1) is 27.4 Å². The lowest BCUT2D eigenvalue weighted by Crippen LogP contribution is -2.47. The average molecular weight is 251 g/mol. The SMILES string of the molecule is COc1ccc(CNCC2(C)COC2)cc1OC. The topological polar surface area (TPSA) is 39.7 Å². The molecule has 0 amide bonds. The van der Waals surface area contributed by atoms with Gasteiger partial charge in [-0.05, 0) is 17.7 Å². The molecule has 1 fully saturated rings. The molecule has 0 radical (unpaired) electrons. The Morgan fingerprint density at radius 2 is 1.94 bits per heavy atom. The highest BCUT2D eigenvalue weighted by Gasteiger charge is 2.32. The molecular formula is C14H21NO3. The minimum Gasteiger partial charge on any atom is -0.493 e. The highest BCUT2D eigenvalue weighted by atomic mass is 16.5. The first-order valence-corrected chi connectivity index (χ1v) is 6.16. The van der Waals surface area contributed by atoms with Crippen molar-refractivity contribution in [2.75, 3.05) is 34.0 Å². The number of methoxy groups -OCH3 is 2. The van der Waals surface area contributed by atoms with Crippen LogP contribution in [0, 0.1) is 5.41 Å². The summed E-state index contributed by atoms with van der Waals surface area (Å²) in [5.74, 6) is 1.54. The lowest BCUT2D eigenvalue weighted by atomic mass is 9.89. The molecule has 0 saturated carbocycles. The van der Waals surface area contributed by atoms with E-state index in [2.05, 4.69) is 12.2 Å². The van der Waals surface area contributed by atoms with E-state index >= 15 is 0 Å². The van der Waals surface area contributed by atoms with Crippen molar-refractivity contribution in [3.63, 3.8) is 0 Å². The Bertz CT molecular complexity index is 402. The van der Waals surface area contributed by atoms with Crippen LogP contribution in [0.25, 0.3) is 0 Å². The molecule has 0 unspecified atom stereocenters. The van der Waals surface area contributed by atoms with E-state index in [9.17, 15) is 0 Å². The van der Waals surface area contributed by atoms with Crippen LogP contribution in [-0.4, -0.2) is 34.0 Å². The molecular weight excluding hydrogens is 230 g/mol. The Morgan fingerprint density at radius 3 is 2.50 bits per heavy atom. The van der Waals surface area contributed by atoms with Crippen LogP contribution in [0.1, 0.15) is 12.5 Å². The van der Waals surface area contributed by atoms with Gasteiger partial charge >= 0.3 is 0 Å². The maximum atomic E-state index is 5.28. The van der Waals surface area contributed by atoms with Crippen molar-refractivity contribution in [1.82, 2.24) is 5.32 Å². The molecule has 0 aliphatic carbocycles. The zero-order chi connectivity index (χ0) is 13.0. The third kappa shape index (κ3) is 2.94. The monoisotopic (exact) mass is 251 g/mol. The average Bonchev–Trinajstić information content (AvgIpc) is 2.36. The Labute approximate surface area is 108 Å². The van der Waals surface area contributed by atoms with Gasteiger partial charge in [0.15, 0.2) is 11.5 Å². The Balaban J connectivity index is 1.89. The number of hydrogen-bond donors (Lipinski definition) is 1. The van der Waals surface area contributed by atoms with Gasteiger partial charge in [0, 0.05) is 18.5 Å². The minimum atomic E-state index is 0.302. The van der Waals surface area contributed by atoms with E-state index in [1.54, 1.807) is 14.2 Å². The molecule has 1 aliphatic heterocycles. The summed E-state index contributed by atoms with van der Waals surface area (Å²) >= 11 is 0. The first-order valence-electron chi connectivity index (χ1n) is 6.16. The summed E-state index contributed by atoms with van der Waals surface area (Å²) in [6.07, 6.45) is 0. The molecule has 1 aromatic rings. The van der Waals surface area contributed by atoms with Gasteiger partial charge in [0.25, 0.3) is 0 Å². The molecule has 1 N–H and O–H groups in total. The van der Waals surface area contributed by atoms with Gasteiger partial charge < -0.3 is 19.5 Å². The molecule has 4 heteroatoms. The van der Waals surface area contributed by atoms with Crippen LogP contribution in [-0.2, 0) is 11.3 Å². The zero-order valence-corrected chi connectivity index (χ0v) is 11.3. The maximum Gasteiger partial charge on any atom is 0.161 e. The van der Waals surface area contributed by atoms with Gasteiger partial charge in [-0.15, -0.1) is 0 Å². The van der Waals surface area contributed by atoms with Crippen LogP contribution in [0.5, 0.6) is 11.5 Å². The second kappa shape index (κ2) is 5.59. The van der Waals surface area contributed by atoms with E-state index in [-0.39, 0.29) is 0 Å². The lowest BCUT2D eigenvalue weighted by Gasteiger charge is -2.38. The highest BCUT2D eigenvalue weighted by Crippen LogP contribution is 2.28. The number of benzene rings is 1. The molecule has 0 atom stereocenters. The van der Waals surface area contributed by atoms with Crippen LogP contribution in [0.2, 0.25) is 0 Å². The van der Waals surface area contributed by atoms with Crippen molar-refractivity contribution in [3.05, 3.63) is 23.8 Å². The number of hydrogen-bond acceptors (Lipinski definition) is 4. The maximum absolute atomic E-state index is 5.28. The Kier molecular flexibility index (Phi) is 4.09. The molecule has 1 aromatic carbocycles. The quantitative estimate of drug-likeness (QED) is 0.837. The smallest absolute Gasteiger partial charge is 0.161 e. The minimum absolute atomic E-state index is 0.302. The zero-order valence-electron chi connectivity index (χ0n) is 11.3. The normalized spacial score (nSPS) is 17.1. The van der Waals surface area contributed by atoms with Crippen molar-refractivity contribution in [2.45, 2.75) is 13.5 Å². The second-order valence-electron chi connectivity index (χ2n) is 5.10. The first-order chi connectivity index (χ1) is 8.67. The van der Waals surface area contributed by atoms with Gasteiger partial charge in [-0.25, -0.2) is 0 Å². The van der Waals surface area contributed by atoms with Gasteiger partial charge in [0.1, 0.15) is 0 Å². The molecule has 18 heavy (non-hydrogen) atoms. The van der Waals surface area contributed by atoms with E-state index in [1.807, 2.05) is 18.2 Å². The van der Waals surface area contributed by atoms with Crippen molar-refractivity contribution >= 4 is 0 Å². The summed E-state index contributed by atoms with van der Waals surface area (Å²) in [4.78, 5) is 0.